The van der Waals surface area contributed by atoms with Crippen molar-refractivity contribution in [2.75, 3.05) is 23.7 Å². The Kier molecular flexibility index (Phi) is 10.6. The summed E-state index contributed by atoms with van der Waals surface area (Å²) >= 11 is 0. The van der Waals surface area contributed by atoms with Gasteiger partial charge >= 0.3 is 0 Å². The van der Waals surface area contributed by atoms with Crippen molar-refractivity contribution in [2.45, 2.75) is 33.2 Å². The van der Waals surface area contributed by atoms with E-state index >= 15 is 0 Å². The summed E-state index contributed by atoms with van der Waals surface area (Å²) < 4.78 is 7.76. The number of nitrogens with one attached hydrogen (secondary N) is 3. The molecule has 3 aromatic heterocycles. The van der Waals surface area contributed by atoms with Crippen LogP contribution in [0.2, 0.25) is 0 Å². The summed E-state index contributed by atoms with van der Waals surface area (Å²) in [5.74, 6) is -1.14. The number of para-hydroxylation sites is 2. The van der Waals surface area contributed by atoms with Gasteiger partial charge in [-0.2, -0.15) is 0 Å². The summed E-state index contributed by atoms with van der Waals surface area (Å²) in [5.41, 5.74) is 8.92. The zero-order valence-electron chi connectivity index (χ0n) is 31.8. The molecule has 8 rings (SSSR count). The van der Waals surface area contributed by atoms with Crippen molar-refractivity contribution in [1.29, 1.82) is 0 Å². The molecule has 0 unspecified atom stereocenters. The number of hydrogen-bond acceptors (Lipinski definition) is 6. The molecule has 0 spiro atoms. The molecule has 0 radical (unpaired) electrons. The number of imidazole rings is 1. The van der Waals surface area contributed by atoms with Crippen LogP contribution in [0.15, 0.2) is 149 Å². The van der Waals surface area contributed by atoms with Gasteiger partial charge in [-0.05, 0) is 109 Å². The zero-order chi connectivity index (χ0) is 39.3. The van der Waals surface area contributed by atoms with Crippen molar-refractivity contribution >= 4 is 45.1 Å². The third-order valence-corrected chi connectivity index (χ3v) is 10.4. The van der Waals surface area contributed by atoms with E-state index in [0.717, 1.165) is 60.4 Å². The number of carbonyl (C=O) groups is 2. The molecule has 3 N–H and O–H groups in total. The number of benzene rings is 5. The van der Waals surface area contributed by atoms with Crippen molar-refractivity contribution < 1.29 is 14.0 Å². The molecule has 57 heavy (non-hydrogen) atoms. The Hall–Kier alpha value is -7.04. The monoisotopic (exact) mass is 754 g/mol. The number of H-pyrrole nitrogens is 1. The molecule has 0 saturated carbocycles. The van der Waals surface area contributed by atoms with Crippen molar-refractivity contribution in [1.82, 2.24) is 19.4 Å². The highest BCUT2D eigenvalue weighted by atomic mass is 16.3. The van der Waals surface area contributed by atoms with Crippen LogP contribution in [0.1, 0.15) is 48.7 Å². The lowest BCUT2D eigenvalue weighted by molar-refractivity contribution is 0.0997. The molecule has 5 aromatic carbocycles. The van der Waals surface area contributed by atoms with E-state index in [2.05, 4.69) is 80.2 Å². The summed E-state index contributed by atoms with van der Waals surface area (Å²) in [5, 5.41) is 7.44. The minimum atomic E-state index is -0.624. The lowest BCUT2D eigenvalue weighted by Gasteiger charge is -2.23. The average molecular weight is 755 g/mol. The van der Waals surface area contributed by atoms with Crippen molar-refractivity contribution in [2.24, 2.45) is 0 Å². The smallest absolute Gasteiger partial charge is 0.291 e. The number of nitrogens with zero attached hydrogens (tertiary/aromatic N) is 3. The predicted molar refractivity (Wildman–Crippen MR) is 225 cm³/mol. The SMILES string of the molecule is Cc1cc(NC(=O)c2cc(=O)c3ccccc3o2)c(C(=O)Nc2ccc(CCN(CCc3c[nH]c4ccccc34)Cc3cccc(-n4ccnc4)c3)cc2)cc1C. The molecule has 0 fully saturated rings. The third-order valence-electron chi connectivity index (χ3n) is 10.4. The van der Waals surface area contributed by atoms with E-state index in [1.165, 1.54) is 22.6 Å². The van der Waals surface area contributed by atoms with Gasteiger partial charge < -0.3 is 24.6 Å². The van der Waals surface area contributed by atoms with Gasteiger partial charge in [0.15, 0.2) is 11.2 Å². The standard InChI is InChI=1S/C47H42N6O4/c1-31-24-40(42(25-32(31)2)51-47(56)45-27-43(54)39-11-4-6-13-44(39)57-45)46(55)50-36-16-14-33(15-17-36)18-21-52(22-19-35-28-49-41-12-5-3-10-38(35)41)29-34-8-7-9-37(26-34)53-23-20-48-30-53/h3-17,20,23-28,30,49H,18-19,21-22,29H2,1-2H3,(H,50,55)(H,51,56). The van der Waals surface area contributed by atoms with E-state index < -0.39 is 5.91 Å². The molecule has 0 aliphatic heterocycles. The first kappa shape index (κ1) is 36.9. The molecule has 0 aliphatic carbocycles. The van der Waals surface area contributed by atoms with Gasteiger partial charge in [0.1, 0.15) is 5.58 Å². The summed E-state index contributed by atoms with van der Waals surface area (Å²) in [6, 6.07) is 36.3. The van der Waals surface area contributed by atoms with Crippen LogP contribution >= 0.6 is 0 Å². The van der Waals surface area contributed by atoms with Gasteiger partial charge in [0.05, 0.1) is 23.0 Å². The Morgan fingerprint density at radius 2 is 1.54 bits per heavy atom. The van der Waals surface area contributed by atoms with E-state index in [-0.39, 0.29) is 17.1 Å². The van der Waals surface area contributed by atoms with Gasteiger partial charge in [-0.25, -0.2) is 4.98 Å². The zero-order valence-corrected chi connectivity index (χ0v) is 31.8. The fourth-order valence-electron chi connectivity index (χ4n) is 7.12. The predicted octanol–water partition coefficient (Wildman–Crippen LogP) is 8.87. The van der Waals surface area contributed by atoms with Crippen LogP contribution in [0.5, 0.6) is 0 Å². The number of hydrogen-bond donors (Lipinski definition) is 3. The van der Waals surface area contributed by atoms with Gasteiger partial charge in [0, 0.05) is 66.6 Å². The Morgan fingerprint density at radius 3 is 2.37 bits per heavy atom. The van der Waals surface area contributed by atoms with Crippen LogP contribution in [0.3, 0.4) is 0 Å². The van der Waals surface area contributed by atoms with Crippen molar-refractivity contribution in [3.8, 4) is 5.69 Å². The molecule has 0 aliphatic rings. The third kappa shape index (κ3) is 8.46. The molecular weight excluding hydrogens is 713 g/mol. The maximum Gasteiger partial charge on any atom is 0.291 e. The topological polar surface area (TPSA) is 125 Å². The van der Waals surface area contributed by atoms with E-state index in [1.54, 1.807) is 42.6 Å². The van der Waals surface area contributed by atoms with Crippen LogP contribution < -0.4 is 16.1 Å². The number of fused-ring (bicyclic) bond motifs is 2. The maximum atomic E-state index is 13.7. The first-order valence-electron chi connectivity index (χ1n) is 19.0. The summed E-state index contributed by atoms with van der Waals surface area (Å²) in [6.45, 7) is 6.33. The fraction of sp³-hybridized carbons (Fsp3) is 0.149. The van der Waals surface area contributed by atoms with Crippen LogP contribution in [-0.4, -0.2) is 44.3 Å². The molecule has 2 amide bonds. The molecule has 8 aromatic rings. The molecule has 284 valence electrons. The largest absolute Gasteiger partial charge is 0.451 e. The van der Waals surface area contributed by atoms with E-state index in [1.807, 2.05) is 55.2 Å². The first-order valence-corrected chi connectivity index (χ1v) is 19.0. The number of rotatable bonds is 13. The summed E-state index contributed by atoms with van der Waals surface area (Å²) in [7, 11) is 0. The van der Waals surface area contributed by atoms with E-state index in [9.17, 15) is 14.4 Å². The average Bonchev–Trinajstić information content (AvgIpc) is 3.92. The molecule has 0 atom stereocenters. The van der Waals surface area contributed by atoms with Crippen LogP contribution in [-0.2, 0) is 19.4 Å². The number of anilines is 2. The minimum Gasteiger partial charge on any atom is -0.451 e. The second kappa shape index (κ2) is 16.4. The fourth-order valence-corrected chi connectivity index (χ4v) is 7.12. The summed E-state index contributed by atoms with van der Waals surface area (Å²) in [6.07, 6.45) is 9.40. The number of amides is 2. The molecule has 0 saturated heterocycles. The quantitative estimate of drug-likeness (QED) is 0.108. The Bertz CT molecular complexity index is 2770. The number of aromatic amines is 1. The summed E-state index contributed by atoms with van der Waals surface area (Å²) in [4.78, 5) is 49.8. The normalized spacial score (nSPS) is 11.4. The first-order chi connectivity index (χ1) is 27.8. The lowest BCUT2D eigenvalue weighted by Crippen LogP contribution is -2.28. The second-order valence-electron chi connectivity index (χ2n) is 14.3. The Labute approximate surface area is 329 Å². The van der Waals surface area contributed by atoms with Gasteiger partial charge in [0.25, 0.3) is 11.8 Å². The van der Waals surface area contributed by atoms with Gasteiger partial charge in [-0.1, -0.05) is 54.6 Å². The Morgan fingerprint density at radius 1 is 0.772 bits per heavy atom. The second-order valence-corrected chi connectivity index (χ2v) is 14.3. The van der Waals surface area contributed by atoms with E-state index in [0.29, 0.717) is 27.9 Å². The van der Waals surface area contributed by atoms with Gasteiger partial charge in [-0.15, -0.1) is 0 Å². The molecular formula is C47H42N6O4. The highest BCUT2D eigenvalue weighted by Gasteiger charge is 2.19. The molecule has 10 nitrogen and oxygen atoms in total. The number of aryl methyl sites for hydroxylation is 2. The van der Waals surface area contributed by atoms with Gasteiger partial charge in [-0.3, -0.25) is 19.3 Å². The van der Waals surface area contributed by atoms with E-state index in [4.69, 9.17) is 4.42 Å². The Balaban J connectivity index is 0.951. The molecule has 3 heterocycles. The molecule has 10 heteroatoms. The number of carbonyl (C=O) groups excluding carboxylic acids is 2. The molecule has 0 bridgehead atoms. The minimum absolute atomic E-state index is 0.140. The van der Waals surface area contributed by atoms with Crippen LogP contribution in [0.4, 0.5) is 11.4 Å². The number of aromatic nitrogens is 3. The highest BCUT2D eigenvalue weighted by Crippen LogP contribution is 2.25. The van der Waals surface area contributed by atoms with Crippen molar-refractivity contribution in [3.63, 3.8) is 0 Å². The van der Waals surface area contributed by atoms with Crippen LogP contribution in [0.25, 0.3) is 27.6 Å². The lowest BCUT2D eigenvalue weighted by atomic mass is 10.0. The van der Waals surface area contributed by atoms with Crippen LogP contribution in [0, 0.1) is 13.8 Å². The van der Waals surface area contributed by atoms with Gasteiger partial charge in [0.2, 0.25) is 0 Å². The van der Waals surface area contributed by atoms with Crippen molar-refractivity contribution in [3.05, 3.63) is 190 Å². The highest BCUT2D eigenvalue weighted by molar-refractivity contribution is 6.12. The maximum absolute atomic E-state index is 13.7.